The maximum Gasteiger partial charge on any atom is 0.165 e. The van der Waals surface area contributed by atoms with Crippen molar-refractivity contribution < 1.29 is 9.13 Å². The first kappa shape index (κ1) is 13.4. The van der Waals surface area contributed by atoms with Crippen LogP contribution in [0, 0.1) is 18.2 Å². The van der Waals surface area contributed by atoms with Crippen molar-refractivity contribution in [2.45, 2.75) is 12.5 Å². The third-order valence-corrected chi connectivity index (χ3v) is 3.40. The summed E-state index contributed by atoms with van der Waals surface area (Å²) >= 11 is 0. The highest BCUT2D eigenvalue weighted by atomic mass is 19.1. The zero-order valence-corrected chi connectivity index (χ0v) is 11.4. The molecule has 1 saturated heterocycles. The van der Waals surface area contributed by atoms with Crippen LogP contribution in [0.3, 0.4) is 0 Å². The Hall–Kier alpha value is -2.61. The molecule has 4 nitrogen and oxygen atoms in total. The van der Waals surface area contributed by atoms with Crippen molar-refractivity contribution in [1.29, 1.82) is 0 Å². The number of para-hydroxylation sites is 1. The first-order valence-corrected chi connectivity index (χ1v) is 6.73. The summed E-state index contributed by atoms with van der Waals surface area (Å²) in [4.78, 5) is 2.05. The van der Waals surface area contributed by atoms with E-state index in [4.69, 9.17) is 11.2 Å². The number of terminal acetylenes is 1. The second-order valence-electron chi connectivity index (χ2n) is 4.83. The highest BCUT2D eigenvalue weighted by Crippen LogP contribution is 2.23. The summed E-state index contributed by atoms with van der Waals surface area (Å²) in [5.41, 5.74) is 0.511. The summed E-state index contributed by atoms with van der Waals surface area (Å²) in [6.45, 7) is 1.45. The molecule has 0 aliphatic carbocycles. The van der Waals surface area contributed by atoms with E-state index in [9.17, 15) is 4.39 Å². The van der Waals surface area contributed by atoms with Gasteiger partial charge in [0, 0.05) is 13.0 Å². The average Bonchev–Trinajstić information content (AvgIpc) is 2.98. The molecule has 5 heteroatoms. The Morgan fingerprint density at radius 2 is 2.10 bits per heavy atom. The van der Waals surface area contributed by atoms with Crippen molar-refractivity contribution in [3.63, 3.8) is 0 Å². The van der Waals surface area contributed by atoms with E-state index >= 15 is 0 Å². The van der Waals surface area contributed by atoms with Gasteiger partial charge in [-0.15, -0.1) is 16.6 Å². The Balaban J connectivity index is 1.65. The number of ether oxygens (including phenoxy) is 1. The Morgan fingerprint density at radius 1 is 1.24 bits per heavy atom. The van der Waals surface area contributed by atoms with E-state index in [0.29, 0.717) is 12.2 Å². The minimum Gasteiger partial charge on any atom is -0.485 e. The number of anilines is 1. The van der Waals surface area contributed by atoms with Crippen LogP contribution in [-0.4, -0.2) is 29.4 Å². The molecule has 21 heavy (non-hydrogen) atoms. The second kappa shape index (κ2) is 5.80. The van der Waals surface area contributed by atoms with Gasteiger partial charge in [0.1, 0.15) is 11.8 Å². The minimum absolute atomic E-state index is 0.0592. The standard InChI is InChI=1S/C16H14FN3O/c1-2-12-7-8-16(19-18-12)20-10-9-13(11-20)21-15-6-4-3-5-14(15)17/h1,3-8,13H,9-11H2/t13-/m1/s1. The van der Waals surface area contributed by atoms with E-state index in [-0.39, 0.29) is 17.7 Å². The van der Waals surface area contributed by atoms with E-state index in [2.05, 4.69) is 21.0 Å². The minimum atomic E-state index is -0.339. The highest BCUT2D eigenvalue weighted by Gasteiger charge is 2.25. The molecular formula is C16H14FN3O. The van der Waals surface area contributed by atoms with Gasteiger partial charge in [0.05, 0.1) is 6.54 Å². The molecule has 0 N–H and O–H groups in total. The maximum absolute atomic E-state index is 13.6. The quantitative estimate of drug-likeness (QED) is 0.810. The zero-order valence-electron chi connectivity index (χ0n) is 11.4. The summed E-state index contributed by atoms with van der Waals surface area (Å²) in [5.74, 6) is 3.14. The van der Waals surface area contributed by atoms with Gasteiger partial charge < -0.3 is 9.64 Å². The topological polar surface area (TPSA) is 38.2 Å². The molecule has 1 aliphatic heterocycles. The van der Waals surface area contributed by atoms with Gasteiger partial charge in [-0.2, -0.15) is 0 Å². The lowest BCUT2D eigenvalue weighted by atomic mass is 10.3. The van der Waals surface area contributed by atoms with Gasteiger partial charge in [0.25, 0.3) is 0 Å². The largest absolute Gasteiger partial charge is 0.485 e. The molecule has 1 fully saturated rings. The molecule has 0 spiro atoms. The number of rotatable bonds is 3. The molecule has 1 aromatic heterocycles. The van der Waals surface area contributed by atoms with Crippen LogP contribution >= 0.6 is 0 Å². The SMILES string of the molecule is C#Cc1ccc(N2CC[C@@H](Oc3ccccc3F)C2)nn1. The first-order chi connectivity index (χ1) is 10.3. The van der Waals surface area contributed by atoms with Crippen molar-refractivity contribution in [3.8, 4) is 18.1 Å². The van der Waals surface area contributed by atoms with Gasteiger partial charge in [-0.1, -0.05) is 12.1 Å². The number of nitrogens with zero attached hydrogens (tertiary/aromatic N) is 3. The van der Waals surface area contributed by atoms with E-state index in [1.165, 1.54) is 6.07 Å². The van der Waals surface area contributed by atoms with Crippen molar-refractivity contribution in [1.82, 2.24) is 10.2 Å². The summed E-state index contributed by atoms with van der Waals surface area (Å²) < 4.78 is 19.3. The smallest absolute Gasteiger partial charge is 0.165 e. The zero-order chi connectivity index (χ0) is 14.7. The lowest BCUT2D eigenvalue weighted by molar-refractivity contribution is 0.215. The molecule has 0 saturated carbocycles. The molecule has 0 amide bonds. The predicted molar refractivity (Wildman–Crippen MR) is 77.6 cm³/mol. The van der Waals surface area contributed by atoms with Crippen molar-refractivity contribution in [2.75, 3.05) is 18.0 Å². The normalized spacial score (nSPS) is 17.5. The number of hydrogen-bond donors (Lipinski definition) is 0. The number of aromatic nitrogens is 2. The van der Waals surface area contributed by atoms with Gasteiger partial charge in [0.2, 0.25) is 0 Å². The fraction of sp³-hybridized carbons (Fsp3) is 0.250. The fourth-order valence-electron chi connectivity index (χ4n) is 2.32. The molecule has 106 valence electrons. The van der Waals surface area contributed by atoms with Gasteiger partial charge in [0.15, 0.2) is 17.4 Å². The lowest BCUT2D eigenvalue weighted by Gasteiger charge is -2.17. The van der Waals surface area contributed by atoms with Gasteiger partial charge >= 0.3 is 0 Å². The van der Waals surface area contributed by atoms with E-state index in [0.717, 1.165) is 18.8 Å². The molecule has 1 atom stereocenters. The fourth-order valence-corrected chi connectivity index (χ4v) is 2.32. The van der Waals surface area contributed by atoms with Crippen LogP contribution in [0.1, 0.15) is 12.1 Å². The monoisotopic (exact) mass is 283 g/mol. The third-order valence-electron chi connectivity index (χ3n) is 3.40. The summed E-state index contributed by atoms with van der Waals surface area (Å²) in [6, 6.07) is 10.0. The third kappa shape index (κ3) is 2.95. The lowest BCUT2D eigenvalue weighted by Crippen LogP contribution is -2.25. The van der Waals surface area contributed by atoms with Crippen LogP contribution in [0.4, 0.5) is 10.2 Å². The van der Waals surface area contributed by atoms with Gasteiger partial charge in [-0.05, 0) is 30.2 Å². The number of hydrogen-bond acceptors (Lipinski definition) is 4. The molecular weight excluding hydrogens is 269 g/mol. The summed E-state index contributed by atoms with van der Waals surface area (Å²) in [5, 5.41) is 8.03. The van der Waals surface area contributed by atoms with Crippen LogP contribution in [0.2, 0.25) is 0 Å². The van der Waals surface area contributed by atoms with Crippen LogP contribution in [0.25, 0.3) is 0 Å². The van der Waals surface area contributed by atoms with E-state index in [1.54, 1.807) is 24.3 Å². The molecule has 2 aromatic rings. The van der Waals surface area contributed by atoms with E-state index in [1.807, 2.05) is 6.07 Å². The first-order valence-electron chi connectivity index (χ1n) is 6.73. The molecule has 0 radical (unpaired) electrons. The molecule has 2 heterocycles. The second-order valence-corrected chi connectivity index (χ2v) is 4.83. The Kier molecular flexibility index (Phi) is 3.69. The molecule has 3 rings (SSSR count). The van der Waals surface area contributed by atoms with Gasteiger partial charge in [-0.3, -0.25) is 0 Å². The van der Waals surface area contributed by atoms with E-state index < -0.39 is 0 Å². The van der Waals surface area contributed by atoms with Crippen molar-refractivity contribution in [2.24, 2.45) is 0 Å². The Labute approximate surface area is 122 Å². The summed E-state index contributed by atoms with van der Waals surface area (Å²) in [6.07, 6.45) is 6.01. The van der Waals surface area contributed by atoms with Crippen LogP contribution in [0.5, 0.6) is 5.75 Å². The van der Waals surface area contributed by atoms with Crippen LogP contribution < -0.4 is 9.64 Å². The average molecular weight is 283 g/mol. The van der Waals surface area contributed by atoms with Crippen molar-refractivity contribution in [3.05, 3.63) is 47.9 Å². The summed E-state index contributed by atoms with van der Waals surface area (Å²) in [7, 11) is 0. The highest BCUT2D eigenvalue weighted by molar-refractivity contribution is 5.41. The van der Waals surface area contributed by atoms with Crippen LogP contribution in [-0.2, 0) is 0 Å². The van der Waals surface area contributed by atoms with Crippen LogP contribution in [0.15, 0.2) is 36.4 Å². The number of halogens is 1. The predicted octanol–water partition coefficient (Wildman–Crippen LogP) is 2.25. The Morgan fingerprint density at radius 3 is 2.81 bits per heavy atom. The molecule has 0 bridgehead atoms. The molecule has 0 unspecified atom stereocenters. The molecule has 1 aromatic carbocycles. The van der Waals surface area contributed by atoms with Crippen molar-refractivity contribution >= 4 is 5.82 Å². The Bertz CT molecular complexity index is 666. The number of benzene rings is 1. The molecule has 1 aliphatic rings. The van der Waals surface area contributed by atoms with Gasteiger partial charge in [-0.25, -0.2) is 4.39 Å². The maximum atomic E-state index is 13.6.